The molecular formula is C10H17N3O2. The molecule has 0 bridgehead atoms. The molecule has 15 heavy (non-hydrogen) atoms. The van der Waals surface area contributed by atoms with Crippen molar-refractivity contribution in [3.05, 3.63) is 11.8 Å². The summed E-state index contributed by atoms with van der Waals surface area (Å²) in [4.78, 5) is 11.1. The maximum absolute atomic E-state index is 11.1. The quantitative estimate of drug-likeness (QED) is 0.739. The minimum absolute atomic E-state index is 0.0540. The number of anilines is 1. The van der Waals surface area contributed by atoms with Gasteiger partial charge in [-0.15, -0.1) is 0 Å². The maximum Gasteiger partial charge on any atom is 0.327 e. The molecule has 0 aliphatic heterocycles. The minimum Gasteiger partial charge on any atom is -0.468 e. The van der Waals surface area contributed by atoms with E-state index in [2.05, 4.69) is 9.84 Å². The van der Waals surface area contributed by atoms with Crippen molar-refractivity contribution in [1.82, 2.24) is 9.78 Å². The second kappa shape index (κ2) is 3.92. The molecule has 0 aliphatic carbocycles. The second-order valence-electron chi connectivity index (χ2n) is 4.44. The standard InChI is InChI=1S/C10H17N3O2/c1-10(2,3)7-5-8(11)13(12-7)6-9(14)15-4/h5H,6,11H2,1-4H3. The molecule has 5 nitrogen and oxygen atoms in total. The van der Waals surface area contributed by atoms with Gasteiger partial charge in [-0.1, -0.05) is 20.8 Å². The summed E-state index contributed by atoms with van der Waals surface area (Å²) in [7, 11) is 1.34. The van der Waals surface area contributed by atoms with E-state index in [1.165, 1.54) is 11.8 Å². The second-order valence-corrected chi connectivity index (χ2v) is 4.44. The molecule has 2 N–H and O–H groups in total. The molecule has 0 saturated carbocycles. The monoisotopic (exact) mass is 211 g/mol. The van der Waals surface area contributed by atoms with Crippen LogP contribution in [0.5, 0.6) is 0 Å². The van der Waals surface area contributed by atoms with Gasteiger partial charge in [0.1, 0.15) is 12.4 Å². The molecule has 1 aromatic rings. The Kier molecular flexibility index (Phi) is 3.02. The Morgan fingerprint density at radius 3 is 2.60 bits per heavy atom. The molecule has 0 aliphatic rings. The smallest absolute Gasteiger partial charge is 0.327 e. The van der Waals surface area contributed by atoms with Gasteiger partial charge in [0.2, 0.25) is 0 Å². The zero-order chi connectivity index (χ0) is 11.6. The van der Waals surface area contributed by atoms with Gasteiger partial charge in [0.25, 0.3) is 0 Å². The van der Waals surface area contributed by atoms with Crippen LogP contribution in [0.4, 0.5) is 5.82 Å². The Morgan fingerprint density at radius 2 is 2.20 bits per heavy atom. The molecule has 1 aromatic heterocycles. The van der Waals surface area contributed by atoms with E-state index < -0.39 is 0 Å². The molecule has 0 radical (unpaired) electrons. The Labute approximate surface area is 89.2 Å². The van der Waals surface area contributed by atoms with E-state index in [0.717, 1.165) is 5.69 Å². The van der Waals surface area contributed by atoms with Crippen LogP contribution < -0.4 is 5.73 Å². The lowest BCUT2D eigenvalue weighted by Crippen LogP contribution is -2.17. The van der Waals surface area contributed by atoms with Crippen molar-refractivity contribution >= 4 is 11.8 Å². The van der Waals surface area contributed by atoms with Gasteiger partial charge in [-0.2, -0.15) is 5.10 Å². The van der Waals surface area contributed by atoms with E-state index in [4.69, 9.17) is 5.73 Å². The van der Waals surface area contributed by atoms with Crippen LogP contribution in [-0.4, -0.2) is 22.9 Å². The van der Waals surface area contributed by atoms with Crippen molar-refractivity contribution in [3.8, 4) is 0 Å². The van der Waals surface area contributed by atoms with Crippen LogP contribution in [0, 0.1) is 0 Å². The lowest BCUT2D eigenvalue weighted by Gasteiger charge is -2.13. The van der Waals surface area contributed by atoms with E-state index in [9.17, 15) is 4.79 Å². The fraction of sp³-hybridized carbons (Fsp3) is 0.600. The van der Waals surface area contributed by atoms with Gasteiger partial charge in [-0.25, -0.2) is 4.68 Å². The van der Waals surface area contributed by atoms with Gasteiger partial charge in [-0.3, -0.25) is 4.79 Å². The number of hydrogen-bond donors (Lipinski definition) is 1. The average molecular weight is 211 g/mol. The van der Waals surface area contributed by atoms with Crippen LogP contribution in [0.1, 0.15) is 26.5 Å². The molecule has 0 unspecified atom stereocenters. The first kappa shape index (κ1) is 11.6. The molecule has 0 spiro atoms. The number of hydrogen-bond acceptors (Lipinski definition) is 4. The number of nitrogen functional groups attached to an aromatic ring is 1. The molecule has 84 valence electrons. The van der Waals surface area contributed by atoms with Gasteiger partial charge >= 0.3 is 5.97 Å². The van der Waals surface area contributed by atoms with E-state index in [1.54, 1.807) is 6.07 Å². The molecule has 0 saturated heterocycles. The molecule has 1 heterocycles. The van der Waals surface area contributed by atoms with Crippen LogP contribution in [-0.2, 0) is 21.5 Å². The third-order valence-corrected chi connectivity index (χ3v) is 2.09. The Balaban J connectivity index is 2.92. The third-order valence-electron chi connectivity index (χ3n) is 2.09. The van der Waals surface area contributed by atoms with Gasteiger partial charge in [0.15, 0.2) is 0 Å². The number of nitrogens with zero attached hydrogens (tertiary/aromatic N) is 2. The molecule has 5 heteroatoms. The summed E-state index contributed by atoms with van der Waals surface area (Å²) >= 11 is 0. The number of esters is 1. The fourth-order valence-corrected chi connectivity index (χ4v) is 1.11. The summed E-state index contributed by atoms with van der Waals surface area (Å²) in [5.74, 6) is 0.121. The SMILES string of the molecule is COC(=O)Cn1nc(C(C)(C)C)cc1N. The van der Waals surface area contributed by atoms with Gasteiger partial charge in [-0.05, 0) is 0 Å². The molecule has 0 amide bonds. The number of rotatable bonds is 2. The van der Waals surface area contributed by atoms with E-state index in [0.29, 0.717) is 5.82 Å². The number of nitrogens with two attached hydrogens (primary N) is 1. The first-order valence-electron chi connectivity index (χ1n) is 4.75. The van der Waals surface area contributed by atoms with Gasteiger partial charge in [0.05, 0.1) is 12.8 Å². The maximum atomic E-state index is 11.1. The van der Waals surface area contributed by atoms with E-state index in [-0.39, 0.29) is 17.9 Å². The molecule has 0 fully saturated rings. The number of aromatic nitrogens is 2. The first-order valence-corrected chi connectivity index (χ1v) is 4.75. The zero-order valence-corrected chi connectivity index (χ0v) is 9.57. The van der Waals surface area contributed by atoms with Crippen LogP contribution in [0.3, 0.4) is 0 Å². The Morgan fingerprint density at radius 1 is 1.60 bits per heavy atom. The van der Waals surface area contributed by atoms with Crippen molar-refractivity contribution in [2.75, 3.05) is 12.8 Å². The van der Waals surface area contributed by atoms with Crippen molar-refractivity contribution in [2.45, 2.75) is 32.7 Å². The summed E-state index contributed by atoms with van der Waals surface area (Å²) in [6.07, 6.45) is 0. The minimum atomic E-state index is -0.356. The summed E-state index contributed by atoms with van der Waals surface area (Å²) in [5, 5.41) is 4.26. The number of ether oxygens (including phenoxy) is 1. The summed E-state index contributed by atoms with van der Waals surface area (Å²) in [6, 6.07) is 1.78. The summed E-state index contributed by atoms with van der Waals surface area (Å²) in [5.41, 5.74) is 6.52. The molecule has 0 atom stereocenters. The van der Waals surface area contributed by atoms with Gasteiger partial charge in [0, 0.05) is 11.5 Å². The Hall–Kier alpha value is -1.52. The van der Waals surface area contributed by atoms with Crippen molar-refractivity contribution in [2.24, 2.45) is 0 Å². The van der Waals surface area contributed by atoms with Crippen LogP contribution in [0.25, 0.3) is 0 Å². The molecule has 1 rings (SSSR count). The summed E-state index contributed by atoms with van der Waals surface area (Å²) in [6.45, 7) is 6.17. The average Bonchev–Trinajstić information content (AvgIpc) is 2.47. The highest BCUT2D eigenvalue weighted by atomic mass is 16.5. The highest BCUT2D eigenvalue weighted by Gasteiger charge is 2.19. The largest absolute Gasteiger partial charge is 0.468 e. The zero-order valence-electron chi connectivity index (χ0n) is 9.57. The first-order chi connectivity index (χ1) is 6.84. The topological polar surface area (TPSA) is 70.1 Å². The fourth-order valence-electron chi connectivity index (χ4n) is 1.11. The van der Waals surface area contributed by atoms with Crippen LogP contribution in [0.2, 0.25) is 0 Å². The predicted molar refractivity (Wildman–Crippen MR) is 57.4 cm³/mol. The van der Waals surface area contributed by atoms with Gasteiger partial charge < -0.3 is 10.5 Å². The highest BCUT2D eigenvalue weighted by molar-refractivity contribution is 5.69. The number of methoxy groups -OCH3 is 1. The predicted octanol–water partition coefficient (Wildman–Crippen LogP) is 0.936. The van der Waals surface area contributed by atoms with Crippen LogP contribution >= 0.6 is 0 Å². The lowest BCUT2D eigenvalue weighted by molar-refractivity contribution is -0.141. The third kappa shape index (κ3) is 2.71. The number of carbonyl (C=O) groups excluding carboxylic acids is 1. The van der Waals surface area contributed by atoms with E-state index >= 15 is 0 Å². The van der Waals surface area contributed by atoms with Crippen molar-refractivity contribution < 1.29 is 9.53 Å². The van der Waals surface area contributed by atoms with Crippen molar-refractivity contribution in [1.29, 1.82) is 0 Å². The highest BCUT2D eigenvalue weighted by Crippen LogP contribution is 2.22. The Bertz CT molecular complexity index is 363. The number of carbonyl (C=O) groups is 1. The lowest BCUT2D eigenvalue weighted by atomic mass is 9.92. The summed E-state index contributed by atoms with van der Waals surface area (Å²) < 4.78 is 6.00. The molecule has 0 aromatic carbocycles. The molecular weight excluding hydrogens is 194 g/mol. The normalized spacial score (nSPS) is 11.5. The van der Waals surface area contributed by atoms with Crippen molar-refractivity contribution in [3.63, 3.8) is 0 Å². The van der Waals surface area contributed by atoms with E-state index in [1.807, 2.05) is 20.8 Å². The van der Waals surface area contributed by atoms with Crippen LogP contribution in [0.15, 0.2) is 6.07 Å².